The monoisotopic (exact) mass is 747 g/mol. The molecule has 0 unspecified atom stereocenters. The van der Waals surface area contributed by atoms with Crippen molar-refractivity contribution < 1.29 is 42.4 Å². The van der Waals surface area contributed by atoms with Crippen LogP contribution in [-0.2, 0) is 40.4 Å². The van der Waals surface area contributed by atoms with Crippen LogP contribution in [0.4, 0.5) is 13.2 Å². The molecule has 0 bridgehead atoms. The number of aromatic nitrogens is 7. The molecule has 42 heavy (non-hydrogen) atoms. The molecule has 0 amide bonds. The van der Waals surface area contributed by atoms with Gasteiger partial charge in [-0.05, 0) is 18.2 Å². The standard InChI is InChI=1S/2C11H11N2.C9H5F3N3.Ir/c2*1-10-3-5-11(6-4-10)13-8-7-12(2)9-13;10-9(11,12)8-5-7(14-15-8)6-3-1-2-4-13-6;/h2*3-5,7-8H,1-2H3;1-5H;/q3*-1;. The van der Waals surface area contributed by atoms with Crippen LogP contribution in [0, 0.1) is 38.6 Å². The molecule has 6 aromatic rings. The molecule has 0 saturated heterocycles. The molecule has 0 atom stereocenters. The molecule has 0 spiro atoms. The smallest absolute Gasteiger partial charge is 0.431 e. The van der Waals surface area contributed by atoms with E-state index in [1.165, 1.54) is 17.3 Å². The van der Waals surface area contributed by atoms with Gasteiger partial charge >= 0.3 is 6.18 Å². The predicted molar refractivity (Wildman–Crippen MR) is 144 cm³/mol. The van der Waals surface area contributed by atoms with E-state index in [9.17, 15) is 13.2 Å². The van der Waals surface area contributed by atoms with Gasteiger partial charge in [-0.1, -0.05) is 37.0 Å². The van der Waals surface area contributed by atoms with Gasteiger partial charge in [0.05, 0.1) is 14.1 Å². The Kier molecular flexibility index (Phi) is 11.1. The summed E-state index contributed by atoms with van der Waals surface area (Å²) in [6, 6.07) is 24.3. The Balaban J connectivity index is 0.000000171. The zero-order valence-corrected chi connectivity index (χ0v) is 25.7. The van der Waals surface area contributed by atoms with Crippen molar-refractivity contribution in [2.45, 2.75) is 20.0 Å². The van der Waals surface area contributed by atoms with Crippen LogP contribution in [0.25, 0.3) is 22.8 Å². The number of hydrogen-bond acceptors (Lipinski definition) is 2. The Bertz CT molecular complexity index is 1570. The van der Waals surface area contributed by atoms with Crippen molar-refractivity contribution in [2.24, 2.45) is 14.1 Å². The van der Waals surface area contributed by atoms with E-state index in [-0.39, 0.29) is 25.8 Å². The average molecular weight is 747 g/mol. The van der Waals surface area contributed by atoms with Gasteiger partial charge in [0.1, 0.15) is 5.69 Å². The van der Waals surface area contributed by atoms with E-state index < -0.39 is 11.9 Å². The van der Waals surface area contributed by atoms with E-state index in [1.807, 2.05) is 81.4 Å². The molecule has 0 saturated carbocycles. The molecule has 0 aliphatic heterocycles. The molecule has 0 N–H and O–H groups in total. The normalized spacial score (nSPS) is 10.5. The number of hydrogen-bond donors (Lipinski definition) is 0. The summed E-state index contributed by atoms with van der Waals surface area (Å²) in [6.07, 6.45) is 11.1. The maximum atomic E-state index is 12.2. The van der Waals surface area contributed by atoms with Gasteiger partial charge in [0.2, 0.25) is 12.7 Å². The maximum absolute atomic E-state index is 12.2. The van der Waals surface area contributed by atoms with Gasteiger partial charge in [-0.2, -0.15) is 72.8 Å². The van der Waals surface area contributed by atoms with E-state index in [0.29, 0.717) is 5.69 Å². The molecule has 7 nitrogen and oxygen atoms in total. The SMILES string of the molecule is Cc1c[c-]c(-n2[c-][n+](C)cc2)cc1.Cc1c[c-]c(-n2[c-][n+](C)cc2)cc1.FC(F)(F)c1cc(-c2ccccn2)[n-]n1.[Ir]. The molecular formula is C31H27F3IrN7-3. The first-order chi connectivity index (χ1) is 19.6. The van der Waals surface area contributed by atoms with Crippen LogP contribution >= 0.6 is 0 Å². The summed E-state index contributed by atoms with van der Waals surface area (Å²) in [6.45, 7) is 4.11. The Labute approximate surface area is 256 Å². The Hall–Kier alpha value is -4.34. The predicted octanol–water partition coefficient (Wildman–Crippen LogP) is 4.54. The molecule has 6 rings (SSSR count). The van der Waals surface area contributed by atoms with Crippen LogP contribution in [0.5, 0.6) is 0 Å². The van der Waals surface area contributed by atoms with Crippen molar-refractivity contribution in [2.75, 3.05) is 0 Å². The largest absolute Gasteiger partial charge is 0.573 e. The molecule has 2 aromatic carbocycles. The molecule has 1 radical (unpaired) electrons. The number of imidazole rings is 2. The summed E-state index contributed by atoms with van der Waals surface area (Å²) in [7, 11) is 3.90. The maximum Gasteiger partial charge on any atom is 0.431 e. The molecule has 0 aliphatic rings. The minimum atomic E-state index is -4.46. The molecule has 0 aliphatic carbocycles. The van der Waals surface area contributed by atoms with Crippen molar-refractivity contribution in [3.05, 3.63) is 133 Å². The van der Waals surface area contributed by atoms with Crippen molar-refractivity contribution in [3.8, 4) is 22.8 Å². The van der Waals surface area contributed by atoms with Crippen LogP contribution in [0.2, 0.25) is 0 Å². The number of alkyl halides is 3. The van der Waals surface area contributed by atoms with Crippen LogP contribution < -0.4 is 14.2 Å². The van der Waals surface area contributed by atoms with E-state index in [0.717, 1.165) is 17.4 Å². The Morgan fingerprint density at radius 1 is 0.810 bits per heavy atom. The van der Waals surface area contributed by atoms with E-state index >= 15 is 0 Å². The number of rotatable bonds is 3. The van der Waals surface area contributed by atoms with E-state index in [4.69, 9.17) is 0 Å². The van der Waals surface area contributed by atoms with Gasteiger partial charge in [0.15, 0.2) is 0 Å². The zero-order chi connectivity index (χ0) is 29.4. The Morgan fingerprint density at radius 2 is 1.36 bits per heavy atom. The fraction of sp³-hybridized carbons (Fsp3) is 0.161. The second-order valence-corrected chi connectivity index (χ2v) is 9.09. The van der Waals surface area contributed by atoms with Crippen LogP contribution in [-0.4, -0.2) is 19.2 Å². The summed E-state index contributed by atoms with van der Waals surface area (Å²) < 4.78 is 44.2. The van der Waals surface area contributed by atoms with Crippen molar-refractivity contribution >= 4 is 0 Å². The van der Waals surface area contributed by atoms with Crippen LogP contribution in [0.1, 0.15) is 16.8 Å². The van der Waals surface area contributed by atoms with Gasteiger partial charge in [0.25, 0.3) is 0 Å². The molecule has 219 valence electrons. The van der Waals surface area contributed by atoms with Gasteiger partial charge in [0, 0.05) is 56.8 Å². The number of halogens is 3. The Morgan fingerprint density at radius 3 is 1.71 bits per heavy atom. The summed E-state index contributed by atoms with van der Waals surface area (Å²) in [5, 5.41) is 6.47. The molecule has 4 heterocycles. The third-order valence-corrected chi connectivity index (χ3v) is 5.59. The third kappa shape index (κ3) is 9.09. The first-order valence-electron chi connectivity index (χ1n) is 12.5. The zero-order valence-electron chi connectivity index (χ0n) is 23.3. The second-order valence-electron chi connectivity index (χ2n) is 9.09. The van der Waals surface area contributed by atoms with Gasteiger partial charge in [-0.3, -0.25) is 4.98 Å². The summed E-state index contributed by atoms with van der Waals surface area (Å²) in [5.41, 5.74) is 3.99. The molecular weight excluding hydrogens is 720 g/mol. The molecule has 0 fully saturated rings. The second kappa shape index (κ2) is 14.5. The first kappa shape index (κ1) is 32.2. The number of benzene rings is 2. The average Bonchev–Trinajstić information content (AvgIpc) is 3.72. The minimum absolute atomic E-state index is 0. The summed E-state index contributed by atoms with van der Waals surface area (Å²) >= 11 is 0. The number of aryl methyl sites for hydroxylation is 4. The molecule has 11 heteroatoms. The van der Waals surface area contributed by atoms with Crippen molar-refractivity contribution in [1.82, 2.24) is 24.3 Å². The van der Waals surface area contributed by atoms with Crippen LogP contribution in [0.15, 0.2) is 91.6 Å². The topological polar surface area (TPSA) is 57.5 Å². The van der Waals surface area contributed by atoms with E-state index in [2.05, 4.69) is 65.9 Å². The van der Waals surface area contributed by atoms with Gasteiger partial charge in [-0.25, -0.2) is 0 Å². The third-order valence-electron chi connectivity index (χ3n) is 5.59. The van der Waals surface area contributed by atoms with Crippen molar-refractivity contribution in [1.29, 1.82) is 0 Å². The minimum Gasteiger partial charge on any atom is -0.573 e. The summed E-state index contributed by atoms with van der Waals surface area (Å²) in [4.78, 5) is 3.87. The quantitative estimate of drug-likeness (QED) is 0.198. The van der Waals surface area contributed by atoms with Crippen molar-refractivity contribution in [3.63, 3.8) is 0 Å². The number of pyridine rings is 1. The fourth-order valence-electron chi connectivity index (χ4n) is 3.44. The first-order valence-corrected chi connectivity index (χ1v) is 12.5. The van der Waals surface area contributed by atoms with Gasteiger partial charge < -0.3 is 28.5 Å². The van der Waals surface area contributed by atoms with Crippen LogP contribution in [0.3, 0.4) is 0 Å². The van der Waals surface area contributed by atoms with Gasteiger partial charge in [-0.15, -0.1) is 0 Å². The summed E-state index contributed by atoms with van der Waals surface area (Å²) in [5.74, 6) is 0. The fourth-order valence-corrected chi connectivity index (χ4v) is 3.44. The van der Waals surface area contributed by atoms with E-state index in [1.54, 1.807) is 18.2 Å². The molecule has 4 aromatic heterocycles. The number of nitrogens with zero attached hydrogens (tertiary/aromatic N) is 7.